The molecule has 1 saturated carbocycles. The van der Waals surface area contributed by atoms with Crippen molar-refractivity contribution in [1.29, 1.82) is 0 Å². The Balaban J connectivity index is 2.61. The van der Waals surface area contributed by atoms with E-state index in [-0.39, 0.29) is 43.4 Å². The van der Waals surface area contributed by atoms with Gasteiger partial charge in [0.2, 0.25) is 41.4 Å². The first-order chi connectivity index (χ1) is 26.8. The summed E-state index contributed by atoms with van der Waals surface area (Å²) in [6.07, 6.45) is 2.03. The molecule has 1 aliphatic heterocycles. The molecular weight excluding hydrogens is 772 g/mol. The Bertz CT molecular complexity index is 1550. The van der Waals surface area contributed by atoms with E-state index in [1.54, 1.807) is 0 Å². The number of carbonyl (C=O) groups excluding carboxylic acids is 8. The van der Waals surface area contributed by atoms with E-state index >= 15 is 0 Å². The molecule has 8 amide bonds. The smallest absolute Gasteiger partial charge is 0.305 e. The molecule has 2 fully saturated rings. The molecule has 1 saturated heterocycles. The van der Waals surface area contributed by atoms with Crippen LogP contribution in [-0.4, -0.2) is 136 Å². The van der Waals surface area contributed by atoms with Crippen LogP contribution in [0, 0.1) is 11.8 Å². The van der Waals surface area contributed by atoms with Gasteiger partial charge in [0, 0.05) is 18.7 Å². The SMILES string of the molecule is CC(C)[C@@H]1NC(=O)[C@H](CC(=O)O)NC(=O)[C@H](CC(=O)O)NC(=O)CNC(=O)[C@H](CCCN=C(N)N)NC(=O)CN(C(=O)CC2CCCCC2)C(=O)[C@H](CS)NC1=O. The normalized spacial score (nSPS) is 24.1. The average Bonchev–Trinajstić information content (AvgIpc) is 3.13. The van der Waals surface area contributed by atoms with Gasteiger partial charge in [-0.3, -0.25) is 57.8 Å². The fourth-order valence-corrected chi connectivity index (χ4v) is 6.44. The molecule has 0 radical (unpaired) electrons. The van der Waals surface area contributed by atoms with Gasteiger partial charge < -0.3 is 53.6 Å². The first-order valence-electron chi connectivity index (χ1n) is 18.5. The van der Waals surface area contributed by atoms with Gasteiger partial charge in [-0.2, -0.15) is 12.6 Å². The van der Waals surface area contributed by atoms with Crippen LogP contribution in [0.5, 0.6) is 0 Å². The fraction of sp³-hybridized carbons (Fsp3) is 0.676. The summed E-state index contributed by atoms with van der Waals surface area (Å²) in [5.74, 6) is -12.7. The van der Waals surface area contributed by atoms with Gasteiger partial charge in [-0.05, 0) is 37.5 Å². The number of hydrogen-bond acceptors (Lipinski definition) is 12. The Morgan fingerprint density at radius 1 is 0.754 bits per heavy atom. The van der Waals surface area contributed by atoms with Crippen LogP contribution >= 0.6 is 12.6 Å². The Labute approximate surface area is 334 Å². The highest BCUT2D eigenvalue weighted by Crippen LogP contribution is 2.27. The number of imide groups is 1. The molecule has 0 unspecified atom stereocenters. The minimum atomic E-state index is -1.89. The van der Waals surface area contributed by atoms with Gasteiger partial charge in [-0.1, -0.05) is 33.1 Å². The van der Waals surface area contributed by atoms with Crippen molar-refractivity contribution in [2.24, 2.45) is 28.3 Å². The molecular formula is C34H54N10O12S. The summed E-state index contributed by atoms with van der Waals surface area (Å²) >= 11 is 4.20. The van der Waals surface area contributed by atoms with Gasteiger partial charge in [0.25, 0.3) is 5.91 Å². The molecule has 5 atom stereocenters. The molecule has 2 rings (SSSR count). The summed E-state index contributed by atoms with van der Waals surface area (Å²) in [5, 5.41) is 32.7. The number of nitrogens with two attached hydrogens (primary N) is 2. The zero-order valence-corrected chi connectivity index (χ0v) is 32.8. The molecule has 0 bridgehead atoms. The standard InChI is InChI=1S/C34H54N10O12S/c1-17(2)28-32(55)42-22(16-57)33(56)44(25(47)11-18-7-4-3-5-8-18)15-24(46)39-19(9-6-10-37-34(35)36)29(52)38-14-23(45)40-20(12-26(48)49)30(53)41-21(13-27(50)51)31(54)43-28/h17-22,28,57H,3-16H2,1-2H3,(H,38,52)(H,39,46)(H,40,45)(H,41,53)(H,42,55)(H,43,54)(H,48,49)(H,50,51)(H4,35,36,37)/t19-,20-,21-,22-,28-/m0/s1. The topological polar surface area (TPSA) is 351 Å². The summed E-state index contributed by atoms with van der Waals surface area (Å²) in [6, 6.07) is -8.14. The summed E-state index contributed by atoms with van der Waals surface area (Å²) in [4.78, 5) is 136. The summed E-state index contributed by atoms with van der Waals surface area (Å²) in [7, 11) is 0. The van der Waals surface area contributed by atoms with Crippen molar-refractivity contribution >= 4 is 77.8 Å². The molecule has 0 aromatic rings. The van der Waals surface area contributed by atoms with Gasteiger partial charge in [-0.15, -0.1) is 0 Å². The molecule has 0 aromatic carbocycles. The van der Waals surface area contributed by atoms with Crippen LogP contribution < -0.4 is 43.4 Å². The third-order valence-electron chi connectivity index (χ3n) is 9.16. The lowest BCUT2D eigenvalue weighted by Crippen LogP contribution is -2.61. The number of rotatable bonds is 12. The van der Waals surface area contributed by atoms with Crippen molar-refractivity contribution in [2.45, 2.75) is 108 Å². The second-order valence-electron chi connectivity index (χ2n) is 14.2. The van der Waals surface area contributed by atoms with E-state index in [0.29, 0.717) is 17.7 Å². The minimum Gasteiger partial charge on any atom is -0.481 e. The van der Waals surface area contributed by atoms with Crippen molar-refractivity contribution in [3.05, 3.63) is 0 Å². The van der Waals surface area contributed by atoms with E-state index in [1.165, 1.54) is 13.8 Å². The summed E-state index contributed by atoms with van der Waals surface area (Å²) in [6.45, 7) is 1.33. The maximum absolute atomic E-state index is 14.0. The predicted octanol–water partition coefficient (Wildman–Crippen LogP) is -3.55. The Hall–Kier alpha value is -5.48. The third kappa shape index (κ3) is 16.6. The molecule has 57 heavy (non-hydrogen) atoms. The largest absolute Gasteiger partial charge is 0.481 e. The molecule has 1 aliphatic carbocycles. The van der Waals surface area contributed by atoms with E-state index in [1.807, 2.05) is 0 Å². The van der Waals surface area contributed by atoms with E-state index in [4.69, 9.17) is 11.5 Å². The lowest BCUT2D eigenvalue weighted by atomic mass is 9.86. The Morgan fingerprint density at radius 3 is 1.88 bits per heavy atom. The van der Waals surface area contributed by atoms with Crippen LogP contribution in [0.25, 0.3) is 0 Å². The van der Waals surface area contributed by atoms with E-state index in [9.17, 15) is 58.2 Å². The molecule has 0 spiro atoms. The van der Waals surface area contributed by atoms with E-state index < -0.39 is 121 Å². The Morgan fingerprint density at radius 2 is 1.32 bits per heavy atom. The molecule has 23 heteroatoms. The van der Waals surface area contributed by atoms with Crippen LogP contribution in [0.2, 0.25) is 0 Å². The highest BCUT2D eigenvalue weighted by atomic mass is 32.1. The summed E-state index contributed by atoms with van der Waals surface area (Å²) < 4.78 is 0. The predicted molar refractivity (Wildman–Crippen MR) is 204 cm³/mol. The molecule has 1 heterocycles. The first kappa shape index (κ1) is 47.7. The van der Waals surface area contributed by atoms with E-state index in [0.717, 1.165) is 19.3 Å². The molecule has 2 aliphatic rings. The Kier molecular flexibility index (Phi) is 19.7. The van der Waals surface area contributed by atoms with Gasteiger partial charge >= 0.3 is 11.9 Å². The van der Waals surface area contributed by atoms with E-state index in [2.05, 4.69) is 49.5 Å². The number of nitrogens with zero attached hydrogens (tertiary/aromatic N) is 2. The third-order valence-corrected chi connectivity index (χ3v) is 9.53. The van der Waals surface area contributed by atoms with Crippen molar-refractivity contribution in [2.75, 3.05) is 25.4 Å². The highest BCUT2D eigenvalue weighted by Gasteiger charge is 2.37. The van der Waals surface area contributed by atoms with Crippen LogP contribution in [0.1, 0.15) is 78.1 Å². The monoisotopic (exact) mass is 826 g/mol. The number of carboxylic acids is 2. The van der Waals surface area contributed by atoms with Crippen LogP contribution in [-0.2, 0) is 47.9 Å². The minimum absolute atomic E-state index is 0.0276. The number of nitrogens with one attached hydrogen (secondary N) is 6. The number of thiol groups is 1. The van der Waals surface area contributed by atoms with Gasteiger partial charge in [-0.25, -0.2) is 0 Å². The summed E-state index contributed by atoms with van der Waals surface area (Å²) in [5.41, 5.74) is 10.8. The molecule has 0 aromatic heterocycles. The van der Waals surface area contributed by atoms with Crippen molar-refractivity contribution in [3.63, 3.8) is 0 Å². The number of aliphatic carboxylic acids is 2. The molecule has 318 valence electrons. The zero-order chi connectivity index (χ0) is 42.8. The molecule has 12 N–H and O–H groups in total. The van der Waals surface area contributed by atoms with Gasteiger partial charge in [0.1, 0.15) is 36.8 Å². The number of hydrogen-bond donors (Lipinski definition) is 11. The number of amides is 8. The highest BCUT2D eigenvalue weighted by molar-refractivity contribution is 7.80. The average molecular weight is 827 g/mol. The van der Waals surface area contributed by atoms with Crippen LogP contribution in [0.4, 0.5) is 0 Å². The van der Waals surface area contributed by atoms with Crippen LogP contribution in [0.3, 0.4) is 0 Å². The maximum Gasteiger partial charge on any atom is 0.305 e. The van der Waals surface area contributed by atoms with Crippen molar-refractivity contribution in [3.8, 4) is 0 Å². The van der Waals surface area contributed by atoms with Crippen LogP contribution in [0.15, 0.2) is 4.99 Å². The maximum atomic E-state index is 14.0. The number of guanidine groups is 1. The second kappa shape index (κ2) is 23.6. The molecule has 22 nitrogen and oxygen atoms in total. The number of carbonyl (C=O) groups is 10. The fourth-order valence-electron chi connectivity index (χ4n) is 6.19. The van der Waals surface area contributed by atoms with Crippen molar-refractivity contribution < 1.29 is 58.2 Å². The second-order valence-corrected chi connectivity index (χ2v) is 14.5. The zero-order valence-electron chi connectivity index (χ0n) is 31.9. The lowest BCUT2D eigenvalue weighted by molar-refractivity contribution is -0.150. The number of aliphatic imine (C=N–C) groups is 1. The number of carboxylic acid groups (broad SMARTS) is 2. The van der Waals surface area contributed by atoms with Gasteiger partial charge in [0.15, 0.2) is 5.96 Å². The van der Waals surface area contributed by atoms with Crippen molar-refractivity contribution in [1.82, 2.24) is 36.8 Å². The quantitative estimate of drug-likeness (QED) is 0.0393. The van der Waals surface area contributed by atoms with Gasteiger partial charge in [0.05, 0.1) is 19.4 Å². The lowest BCUT2D eigenvalue weighted by Gasteiger charge is -2.30. The first-order valence-corrected chi connectivity index (χ1v) is 19.2.